The van der Waals surface area contributed by atoms with Crippen LogP contribution in [0.1, 0.15) is 32.5 Å². The van der Waals surface area contributed by atoms with Gasteiger partial charge in [0.1, 0.15) is 5.82 Å². The molecule has 140 valence electrons. The highest BCUT2D eigenvalue weighted by atomic mass is 16.2. The van der Waals surface area contributed by atoms with Crippen LogP contribution in [0.4, 0.5) is 0 Å². The SMILES string of the molecule is CC(C)CN1C[C@H](C(=O)NCCCc2nc3ccccc3n2C)CC1=O. The number of nitrogens with zero attached hydrogens (tertiary/aromatic N) is 3. The van der Waals surface area contributed by atoms with Gasteiger partial charge in [0.05, 0.1) is 17.0 Å². The van der Waals surface area contributed by atoms with Gasteiger partial charge in [0.25, 0.3) is 0 Å². The van der Waals surface area contributed by atoms with E-state index in [0.29, 0.717) is 25.4 Å². The minimum Gasteiger partial charge on any atom is -0.356 e. The van der Waals surface area contributed by atoms with Crippen LogP contribution in [-0.2, 0) is 23.1 Å². The first-order valence-electron chi connectivity index (χ1n) is 9.41. The number of hydrogen-bond acceptors (Lipinski definition) is 3. The molecule has 6 nitrogen and oxygen atoms in total. The summed E-state index contributed by atoms with van der Waals surface area (Å²) in [4.78, 5) is 30.8. The molecule has 2 amide bonds. The molecule has 1 saturated heterocycles. The second-order valence-corrected chi connectivity index (χ2v) is 7.56. The van der Waals surface area contributed by atoms with Gasteiger partial charge < -0.3 is 14.8 Å². The first kappa shape index (κ1) is 18.4. The number of benzene rings is 1. The summed E-state index contributed by atoms with van der Waals surface area (Å²) in [5, 5.41) is 2.99. The van der Waals surface area contributed by atoms with Crippen LogP contribution < -0.4 is 5.32 Å². The summed E-state index contributed by atoms with van der Waals surface area (Å²) in [6.07, 6.45) is 1.98. The zero-order chi connectivity index (χ0) is 18.7. The Morgan fingerprint density at radius 3 is 2.85 bits per heavy atom. The number of imidazole rings is 1. The predicted octanol–water partition coefficient (Wildman–Crippen LogP) is 2.13. The quantitative estimate of drug-likeness (QED) is 0.773. The van der Waals surface area contributed by atoms with Crippen LogP contribution in [0.2, 0.25) is 0 Å². The van der Waals surface area contributed by atoms with Gasteiger partial charge in [-0.1, -0.05) is 26.0 Å². The molecule has 3 rings (SSSR count). The topological polar surface area (TPSA) is 67.2 Å². The zero-order valence-corrected chi connectivity index (χ0v) is 15.9. The zero-order valence-electron chi connectivity index (χ0n) is 15.9. The molecule has 0 spiro atoms. The third-order valence-corrected chi connectivity index (χ3v) is 4.93. The summed E-state index contributed by atoms with van der Waals surface area (Å²) in [7, 11) is 2.02. The third-order valence-electron chi connectivity index (χ3n) is 4.93. The van der Waals surface area contributed by atoms with Crippen molar-refractivity contribution in [2.75, 3.05) is 19.6 Å². The molecular weight excluding hydrogens is 328 g/mol. The first-order valence-corrected chi connectivity index (χ1v) is 9.41. The highest BCUT2D eigenvalue weighted by Gasteiger charge is 2.34. The monoisotopic (exact) mass is 356 g/mol. The van der Waals surface area contributed by atoms with E-state index in [-0.39, 0.29) is 17.7 Å². The Labute approximate surface area is 154 Å². The van der Waals surface area contributed by atoms with Crippen LogP contribution in [0.25, 0.3) is 11.0 Å². The van der Waals surface area contributed by atoms with Crippen molar-refractivity contribution in [3.63, 3.8) is 0 Å². The number of aromatic nitrogens is 2. The van der Waals surface area contributed by atoms with Gasteiger partial charge in [-0.05, 0) is 24.5 Å². The number of rotatable bonds is 7. The van der Waals surface area contributed by atoms with E-state index < -0.39 is 0 Å². The first-order chi connectivity index (χ1) is 12.5. The van der Waals surface area contributed by atoms with Crippen molar-refractivity contribution in [2.24, 2.45) is 18.9 Å². The Hall–Kier alpha value is -2.37. The van der Waals surface area contributed by atoms with Crippen molar-refractivity contribution >= 4 is 22.8 Å². The van der Waals surface area contributed by atoms with Crippen LogP contribution in [0.15, 0.2) is 24.3 Å². The van der Waals surface area contributed by atoms with Gasteiger partial charge in [-0.2, -0.15) is 0 Å². The van der Waals surface area contributed by atoms with E-state index in [9.17, 15) is 9.59 Å². The Kier molecular flexibility index (Phi) is 5.59. The lowest BCUT2D eigenvalue weighted by molar-refractivity contribution is -0.129. The van der Waals surface area contributed by atoms with Crippen molar-refractivity contribution in [3.05, 3.63) is 30.1 Å². The van der Waals surface area contributed by atoms with Crippen LogP contribution in [0, 0.1) is 11.8 Å². The minimum absolute atomic E-state index is 0.00499. The summed E-state index contributed by atoms with van der Waals surface area (Å²) in [5.74, 6) is 1.33. The molecule has 0 aliphatic carbocycles. The van der Waals surface area contributed by atoms with E-state index in [0.717, 1.165) is 36.2 Å². The third kappa shape index (κ3) is 4.06. The van der Waals surface area contributed by atoms with Crippen molar-refractivity contribution in [1.29, 1.82) is 0 Å². The average molecular weight is 356 g/mol. The van der Waals surface area contributed by atoms with Crippen molar-refractivity contribution in [1.82, 2.24) is 19.8 Å². The highest BCUT2D eigenvalue weighted by Crippen LogP contribution is 2.19. The van der Waals surface area contributed by atoms with Gasteiger partial charge in [0.2, 0.25) is 11.8 Å². The number of carbonyl (C=O) groups excluding carboxylic acids is 2. The van der Waals surface area contributed by atoms with Gasteiger partial charge in [-0.15, -0.1) is 0 Å². The molecule has 6 heteroatoms. The molecule has 0 saturated carbocycles. The summed E-state index contributed by atoms with van der Waals surface area (Å²) in [6, 6.07) is 8.08. The molecule has 1 fully saturated rings. The van der Waals surface area contributed by atoms with Crippen LogP contribution >= 0.6 is 0 Å². The number of hydrogen-bond donors (Lipinski definition) is 1. The lowest BCUT2D eigenvalue weighted by Gasteiger charge is -2.18. The molecule has 0 unspecified atom stereocenters. The average Bonchev–Trinajstić information content (AvgIpc) is 3.12. The standard InChI is InChI=1S/C20H28N4O2/c1-14(2)12-24-13-15(11-19(24)25)20(26)21-10-6-9-18-22-16-7-4-5-8-17(16)23(18)3/h4-5,7-8,14-15H,6,9-13H2,1-3H3,(H,21,26)/t15-/m1/s1. The summed E-state index contributed by atoms with van der Waals surface area (Å²) >= 11 is 0. The Bertz CT molecular complexity index is 796. The van der Waals surface area contributed by atoms with Crippen molar-refractivity contribution in [3.8, 4) is 0 Å². The van der Waals surface area contributed by atoms with E-state index >= 15 is 0 Å². The van der Waals surface area contributed by atoms with E-state index in [2.05, 4.69) is 34.8 Å². The van der Waals surface area contributed by atoms with Crippen LogP contribution in [0.5, 0.6) is 0 Å². The highest BCUT2D eigenvalue weighted by molar-refractivity contribution is 5.89. The van der Waals surface area contributed by atoms with Crippen molar-refractivity contribution in [2.45, 2.75) is 33.1 Å². The number of fused-ring (bicyclic) bond motifs is 1. The molecule has 26 heavy (non-hydrogen) atoms. The lowest BCUT2D eigenvalue weighted by atomic mass is 10.1. The number of nitrogens with one attached hydrogen (secondary N) is 1. The molecular formula is C20H28N4O2. The fourth-order valence-corrected chi connectivity index (χ4v) is 3.59. The second-order valence-electron chi connectivity index (χ2n) is 7.56. The molecule has 2 aromatic rings. The van der Waals surface area contributed by atoms with E-state index in [4.69, 9.17) is 0 Å². The summed E-state index contributed by atoms with van der Waals surface area (Å²) < 4.78 is 2.11. The second kappa shape index (κ2) is 7.89. The number of para-hydroxylation sites is 2. The molecule has 1 atom stereocenters. The molecule has 0 bridgehead atoms. The summed E-state index contributed by atoms with van der Waals surface area (Å²) in [6.45, 7) is 6.06. The van der Waals surface area contributed by atoms with Gasteiger partial charge >= 0.3 is 0 Å². The lowest BCUT2D eigenvalue weighted by Crippen LogP contribution is -2.34. The maximum Gasteiger partial charge on any atom is 0.225 e. The largest absolute Gasteiger partial charge is 0.356 e. The molecule has 2 heterocycles. The molecule has 1 aliphatic heterocycles. The smallest absolute Gasteiger partial charge is 0.225 e. The fraction of sp³-hybridized carbons (Fsp3) is 0.550. The Morgan fingerprint density at radius 1 is 1.35 bits per heavy atom. The van der Waals surface area contributed by atoms with Gasteiger partial charge in [-0.3, -0.25) is 9.59 Å². The van der Waals surface area contributed by atoms with E-state index in [1.165, 1.54) is 0 Å². The van der Waals surface area contributed by atoms with Crippen LogP contribution in [0.3, 0.4) is 0 Å². The fourth-order valence-electron chi connectivity index (χ4n) is 3.59. The van der Waals surface area contributed by atoms with Crippen molar-refractivity contribution < 1.29 is 9.59 Å². The predicted molar refractivity (Wildman–Crippen MR) is 102 cm³/mol. The molecule has 0 radical (unpaired) electrons. The Balaban J connectivity index is 1.45. The number of amides is 2. The minimum atomic E-state index is -0.211. The maximum absolute atomic E-state index is 12.3. The van der Waals surface area contributed by atoms with Crippen LogP contribution in [-0.4, -0.2) is 45.9 Å². The van der Waals surface area contributed by atoms with Gasteiger partial charge in [-0.25, -0.2) is 4.98 Å². The molecule has 1 aliphatic rings. The maximum atomic E-state index is 12.3. The number of carbonyl (C=O) groups is 2. The normalized spacial score (nSPS) is 17.5. The van der Waals surface area contributed by atoms with Gasteiger partial charge in [0, 0.05) is 39.5 Å². The number of likely N-dealkylation sites (tertiary alicyclic amines) is 1. The van der Waals surface area contributed by atoms with E-state index in [1.54, 1.807) is 0 Å². The Morgan fingerprint density at radius 2 is 2.12 bits per heavy atom. The molecule has 1 N–H and O–H groups in total. The van der Waals surface area contributed by atoms with E-state index in [1.807, 2.05) is 30.1 Å². The van der Waals surface area contributed by atoms with Gasteiger partial charge in [0.15, 0.2) is 0 Å². The number of aryl methyl sites for hydroxylation is 2. The summed E-state index contributed by atoms with van der Waals surface area (Å²) in [5.41, 5.74) is 2.13. The molecule has 1 aromatic heterocycles. The molecule has 1 aromatic carbocycles.